The Morgan fingerprint density at radius 3 is 2.39 bits per heavy atom. The molecule has 0 aliphatic heterocycles. The fourth-order valence-corrected chi connectivity index (χ4v) is 2.90. The predicted molar refractivity (Wildman–Crippen MR) is 114 cm³/mol. The SMILES string of the molecule is Clc1ccccc1Nc1nc(NCc2ccccn2)cc(-c2ccccc2)n1. The second kappa shape index (κ2) is 8.50. The highest BCUT2D eigenvalue weighted by molar-refractivity contribution is 6.33. The average molecular weight is 388 g/mol. The third-order valence-electron chi connectivity index (χ3n) is 4.09. The summed E-state index contributed by atoms with van der Waals surface area (Å²) in [5, 5.41) is 7.15. The van der Waals surface area contributed by atoms with Crippen molar-refractivity contribution in [2.45, 2.75) is 6.54 Å². The fraction of sp³-hybridized carbons (Fsp3) is 0.0455. The Labute approximate surface area is 168 Å². The standard InChI is InChI=1S/C22H18ClN5/c23-18-11-4-5-12-19(18)26-22-27-20(16-8-2-1-3-9-16)14-21(28-22)25-15-17-10-6-7-13-24-17/h1-14H,15H2,(H2,25,26,27,28). The summed E-state index contributed by atoms with van der Waals surface area (Å²) in [7, 11) is 0. The molecule has 0 spiro atoms. The van der Waals surface area contributed by atoms with E-state index < -0.39 is 0 Å². The molecule has 2 aromatic heterocycles. The molecule has 2 heterocycles. The number of hydrogen-bond donors (Lipinski definition) is 2. The first-order valence-corrected chi connectivity index (χ1v) is 9.25. The predicted octanol–water partition coefficient (Wildman–Crippen LogP) is 5.55. The summed E-state index contributed by atoms with van der Waals surface area (Å²) in [6, 6.07) is 25.3. The lowest BCUT2D eigenvalue weighted by Crippen LogP contribution is -2.06. The van der Waals surface area contributed by atoms with Crippen molar-refractivity contribution in [2.75, 3.05) is 10.6 Å². The molecule has 2 aromatic carbocycles. The minimum Gasteiger partial charge on any atom is -0.364 e. The van der Waals surface area contributed by atoms with E-state index >= 15 is 0 Å². The van der Waals surface area contributed by atoms with Gasteiger partial charge in [-0.15, -0.1) is 0 Å². The first-order chi connectivity index (χ1) is 13.8. The summed E-state index contributed by atoms with van der Waals surface area (Å²) in [6.07, 6.45) is 1.77. The maximum atomic E-state index is 6.27. The lowest BCUT2D eigenvalue weighted by atomic mass is 10.1. The van der Waals surface area contributed by atoms with Gasteiger partial charge in [-0.1, -0.05) is 60.1 Å². The van der Waals surface area contributed by atoms with Crippen LogP contribution >= 0.6 is 11.6 Å². The van der Waals surface area contributed by atoms with Gasteiger partial charge in [-0.2, -0.15) is 4.98 Å². The highest BCUT2D eigenvalue weighted by Gasteiger charge is 2.09. The van der Waals surface area contributed by atoms with E-state index in [0.29, 0.717) is 23.3 Å². The topological polar surface area (TPSA) is 62.7 Å². The van der Waals surface area contributed by atoms with Crippen LogP contribution in [0.25, 0.3) is 11.3 Å². The summed E-state index contributed by atoms with van der Waals surface area (Å²) < 4.78 is 0. The van der Waals surface area contributed by atoms with Gasteiger partial charge in [0.25, 0.3) is 0 Å². The Morgan fingerprint density at radius 2 is 1.61 bits per heavy atom. The third-order valence-corrected chi connectivity index (χ3v) is 4.42. The Hall–Kier alpha value is -3.44. The van der Waals surface area contributed by atoms with Gasteiger partial charge in [-0.25, -0.2) is 4.98 Å². The van der Waals surface area contributed by atoms with Gasteiger partial charge in [0.1, 0.15) is 5.82 Å². The van der Waals surface area contributed by atoms with Gasteiger partial charge in [0.2, 0.25) is 5.95 Å². The summed E-state index contributed by atoms with van der Waals surface area (Å²) in [6.45, 7) is 0.567. The van der Waals surface area contributed by atoms with Gasteiger partial charge in [0, 0.05) is 17.8 Å². The molecule has 2 N–H and O–H groups in total. The first kappa shape index (κ1) is 17.9. The van der Waals surface area contributed by atoms with Crippen LogP contribution in [0.4, 0.5) is 17.5 Å². The molecule has 28 heavy (non-hydrogen) atoms. The van der Waals surface area contributed by atoms with Crippen molar-refractivity contribution in [1.29, 1.82) is 0 Å². The van der Waals surface area contributed by atoms with E-state index in [1.807, 2.05) is 78.9 Å². The van der Waals surface area contributed by atoms with Crippen LogP contribution in [0.15, 0.2) is 85.1 Å². The molecule has 5 nitrogen and oxygen atoms in total. The fourth-order valence-electron chi connectivity index (χ4n) is 2.72. The molecule has 0 aliphatic carbocycles. The van der Waals surface area contributed by atoms with E-state index in [1.165, 1.54) is 0 Å². The number of nitrogens with one attached hydrogen (secondary N) is 2. The van der Waals surface area contributed by atoms with Crippen molar-refractivity contribution in [3.63, 3.8) is 0 Å². The van der Waals surface area contributed by atoms with Crippen LogP contribution in [0, 0.1) is 0 Å². The van der Waals surface area contributed by atoms with E-state index in [-0.39, 0.29) is 0 Å². The zero-order valence-electron chi connectivity index (χ0n) is 15.0. The minimum atomic E-state index is 0.470. The van der Waals surface area contributed by atoms with Gasteiger partial charge >= 0.3 is 0 Å². The van der Waals surface area contributed by atoms with Crippen molar-refractivity contribution < 1.29 is 0 Å². The Morgan fingerprint density at radius 1 is 0.821 bits per heavy atom. The molecular formula is C22H18ClN5. The number of pyridine rings is 1. The average Bonchev–Trinajstić information content (AvgIpc) is 2.75. The number of para-hydroxylation sites is 1. The van der Waals surface area contributed by atoms with Crippen molar-refractivity contribution >= 4 is 29.1 Å². The molecule has 4 rings (SSSR count). The maximum absolute atomic E-state index is 6.27. The Bertz CT molecular complexity index is 1050. The molecule has 6 heteroatoms. The number of hydrogen-bond acceptors (Lipinski definition) is 5. The van der Waals surface area contributed by atoms with Crippen molar-refractivity contribution in [3.05, 3.63) is 95.8 Å². The lowest BCUT2D eigenvalue weighted by Gasteiger charge is -2.12. The maximum Gasteiger partial charge on any atom is 0.229 e. The normalized spacial score (nSPS) is 10.5. The molecule has 4 aromatic rings. The number of halogens is 1. The number of benzene rings is 2. The van der Waals surface area contributed by atoms with Gasteiger partial charge in [0.05, 0.1) is 28.6 Å². The number of rotatable bonds is 6. The first-order valence-electron chi connectivity index (χ1n) is 8.88. The summed E-state index contributed by atoms with van der Waals surface area (Å²) in [5.74, 6) is 1.17. The zero-order chi connectivity index (χ0) is 19.2. The van der Waals surface area contributed by atoms with Crippen LogP contribution in [0.1, 0.15) is 5.69 Å². The second-order valence-electron chi connectivity index (χ2n) is 6.11. The molecule has 138 valence electrons. The van der Waals surface area contributed by atoms with Crippen LogP contribution in [0.2, 0.25) is 5.02 Å². The highest BCUT2D eigenvalue weighted by atomic mass is 35.5. The molecule has 0 amide bonds. The van der Waals surface area contributed by atoms with E-state index in [0.717, 1.165) is 22.6 Å². The molecule has 0 saturated carbocycles. The number of nitrogens with zero attached hydrogens (tertiary/aromatic N) is 3. The van der Waals surface area contributed by atoms with E-state index in [9.17, 15) is 0 Å². The van der Waals surface area contributed by atoms with Gasteiger partial charge in [0.15, 0.2) is 0 Å². The zero-order valence-corrected chi connectivity index (χ0v) is 15.8. The quantitative estimate of drug-likeness (QED) is 0.454. The third kappa shape index (κ3) is 4.45. The highest BCUT2D eigenvalue weighted by Crippen LogP contribution is 2.26. The molecule has 0 unspecified atom stereocenters. The second-order valence-corrected chi connectivity index (χ2v) is 6.51. The molecular weight excluding hydrogens is 370 g/mol. The smallest absolute Gasteiger partial charge is 0.229 e. The van der Waals surface area contributed by atoms with Crippen LogP contribution in [-0.2, 0) is 6.54 Å². The van der Waals surface area contributed by atoms with E-state index in [1.54, 1.807) is 6.20 Å². The largest absolute Gasteiger partial charge is 0.364 e. The van der Waals surface area contributed by atoms with Crippen LogP contribution in [-0.4, -0.2) is 15.0 Å². The lowest BCUT2D eigenvalue weighted by molar-refractivity contribution is 1.02. The Balaban J connectivity index is 1.65. The molecule has 0 aliphatic rings. The monoisotopic (exact) mass is 387 g/mol. The number of aromatic nitrogens is 3. The summed E-state index contributed by atoms with van der Waals surface area (Å²) >= 11 is 6.27. The van der Waals surface area contributed by atoms with Crippen LogP contribution < -0.4 is 10.6 Å². The minimum absolute atomic E-state index is 0.470. The van der Waals surface area contributed by atoms with Crippen molar-refractivity contribution in [3.8, 4) is 11.3 Å². The number of anilines is 3. The summed E-state index contributed by atoms with van der Waals surface area (Å²) in [4.78, 5) is 13.6. The van der Waals surface area contributed by atoms with Crippen molar-refractivity contribution in [1.82, 2.24) is 15.0 Å². The van der Waals surface area contributed by atoms with Gasteiger partial charge in [-0.3, -0.25) is 4.98 Å². The molecule has 0 radical (unpaired) electrons. The van der Waals surface area contributed by atoms with E-state index in [2.05, 4.69) is 25.6 Å². The van der Waals surface area contributed by atoms with Gasteiger partial charge < -0.3 is 10.6 Å². The Kier molecular flexibility index (Phi) is 5.45. The van der Waals surface area contributed by atoms with E-state index in [4.69, 9.17) is 11.6 Å². The van der Waals surface area contributed by atoms with Gasteiger partial charge in [-0.05, 0) is 24.3 Å². The van der Waals surface area contributed by atoms with Crippen LogP contribution in [0.3, 0.4) is 0 Å². The molecule has 0 saturated heterocycles. The molecule has 0 fully saturated rings. The molecule has 0 bridgehead atoms. The molecule has 0 atom stereocenters. The van der Waals surface area contributed by atoms with Crippen molar-refractivity contribution in [2.24, 2.45) is 0 Å². The van der Waals surface area contributed by atoms with Crippen LogP contribution in [0.5, 0.6) is 0 Å². The summed E-state index contributed by atoms with van der Waals surface area (Å²) in [5.41, 5.74) is 3.51.